The van der Waals surface area contributed by atoms with E-state index in [0.717, 1.165) is 50.0 Å². The van der Waals surface area contributed by atoms with E-state index >= 15 is 0 Å². The van der Waals surface area contributed by atoms with E-state index in [2.05, 4.69) is 10.2 Å². The minimum absolute atomic E-state index is 0.0165. The highest BCUT2D eigenvalue weighted by atomic mass is 32.2. The Balaban J connectivity index is 1.62. The fraction of sp³-hybridized carbons (Fsp3) is 0.588. The maximum absolute atomic E-state index is 12.4. The summed E-state index contributed by atoms with van der Waals surface area (Å²) in [6.07, 6.45) is 1.13. The van der Waals surface area contributed by atoms with E-state index in [0.29, 0.717) is 12.1 Å². The molecule has 2 aliphatic heterocycles. The first kappa shape index (κ1) is 16.6. The minimum Gasteiger partial charge on any atom is -0.497 e. The Labute approximate surface area is 141 Å². The van der Waals surface area contributed by atoms with Gasteiger partial charge < -0.3 is 14.8 Å². The maximum Gasteiger partial charge on any atom is 0.251 e. The molecule has 0 unspecified atom stereocenters. The van der Waals surface area contributed by atoms with Crippen LogP contribution in [0.15, 0.2) is 24.3 Å². The number of nitrogens with one attached hydrogen (secondary N) is 1. The highest BCUT2D eigenvalue weighted by molar-refractivity contribution is 7.99. The van der Waals surface area contributed by atoms with Crippen LogP contribution in [0.4, 0.5) is 0 Å². The van der Waals surface area contributed by atoms with Crippen LogP contribution in [0.3, 0.4) is 0 Å². The second-order valence-electron chi connectivity index (χ2n) is 6.04. The van der Waals surface area contributed by atoms with Crippen molar-refractivity contribution in [3.63, 3.8) is 0 Å². The van der Waals surface area contributed by atoms with E-state index < -0.39 is 0 Å². The highest BCUT2D eigenvalue weighted by Crippen LogP contribution is 2.33. The number of benzene rings is 1. The summed E-state index contributed by atoms with van der Waals surface area (Å²) in [6, 6.07) is 7.24. The largest absolute Gasteiger partial charge is 0.497 e. The van der Waals surface area contributed by atoms with Crippen molar-refractivity contribution in [3.05, 3.63) is 29.8 Å². The average molecular weight is 336 g/mol. The lowest BCUT2D eigenvalue weighted by molar-refractivity contribution is -0.0129. The van der Waals surface area contributed by atoms with Gasteiger partial charge in [-0.15, -0.1) is 0 Å². The van der Waals surface area contributed by atoms with Gasteiger partial charge in [-0.05, 0) is 36.4 Å². The monoisotopic (exact) mass is 336 g/mol. The van der Waals surface area contributed by atoms with Crippen molar-refractivity contribution in [1.29, 1.82) is 0 Å². The van der Waals surface area contributed by atoms with Gasteiger partial charge in [-0.3, -0.25) is 9.69 Å². The molecule has 1 atom stereocenters. The molecule has 2 aliphatic rings. The summed E-state index contributed by atoms with van der Waals surface area (Å²) in [7, 11) is 1.62. The van der Waals surface area contributed by atoms with Gasteiger partial charge >= 0.3 is 0 Å². The Hall–Kier alpha value is -1.24. The Kier molecular flexibility index (Phi) is 5.46. The fourth-order valence-electron chi connectivity index (χ4n) is 3.22. The van der Waals surface area contributed by atoms with Gasteiger partial charge in [0.2, 0.25) is 0 Å². The molecule has 0 spiro atoms. The Morgan fingerprint density at radius 3 is 2.70 bits per heavy atom. The van der Waals surface area contributed by atoms with E-state index in [1.165, 1.54) is 0 Å². The van der Waals surface area contributed by atoms with Crippen LogP contribution in [-0.4, -0.2) is 67.8 Å². The predicted octanol–water partition coefficient (Wildman–Crippen LogP) is 1.63. The van der Waals surface area contributed by atoms with Crippen molar-refractivity contribution in [1.82, 2.24) is 10.2 Å². The summed E-state index contributed by atoms with van der Waals surface area (Å²) < 4.78 is 10.6. The minimum atomic E-state index is -0.0165. The molecule has 23 heavy (non-hydrogen) atoms. The van der Waals surface area contributed by atoms with Gasteiger partial charge in [0.05, 0.1) is 20.3 Å². The Morgan fingerprint density at radius 1 is 1.35 bits per heavy atom. The van der Waals surface area contributed by atoms with E-state index in [-0.39, 0.29) is 11.4 Å². The van der Waals surface area contributed by atoms with Gasteiger partial charge in [-0.25, -0.2) is 0 Å². The first-order valence-corrected chi connectivity index (χ1v) is 9.22. The van der Waals surface area contributed by atoms with E-state index in [1.807, 2.05) is 23.9 Å². The molecule has 1 aromatic carbocycles. The van der Waals surface area contributed by atoms with Crippen LogP contribution in [0.25, 0.3) is 0 Å². The number of methoxy groups -OCH3 is 1. The lowest BCUT2D eigenvalue weighted by atomic mass is 9.95. The third kappa shape index (κ3) is 3.82. The van der Waals surface area contributed by atoms with Crippen LogP contribution in [0, 0.1) is 0 Å². The van der Waals surface area contributed by atoms with Crippen LogP contribution in [0.5, 0.6) is 5.75 Å². The number of rotatable bonds is 5. The van der Waals surface area contributed by atoms with Crippen molar-refractivity contribution >= 4 is 17.7 Å². The molecule has 0 bridgehead atoms. The lowest BCUT2D eigenvalue weighted by Gasteiger charge is -2.43. The van der Waals surface area contributed by atoms with Crippen molar-refractivity contribution in [2.45, 2.75) is 12.0 Å². The van der Waals surface area contributed by atoms with Crippen LogP contribution in [0.2, 0.25) is 0 Å². The van der Waals surface area contributed by atoms with E-state index in [1.54, 1.807) is 19.2 Å². The quantitative estimate of drug-likeness (QED) is 0.886. The van der Waals surface area contributed by atoms with Gasteiger partial charge in [0.1, 0.15) is 5.75 Å². The third-order valence-electron chi connectivity index (χ3n) is 4.69. The van der Waals surface area contributed by atoms with Gasteiger partial charge in [0, 0.05) is 36.5 Å². The number of ether oxygens (including phenoxy) is 2. The summed E-state index contributed by atoms with van der Waals surface area (Å²) in [5, 5.41) is 3.14. The first-order valence-electron chi connectivity index (χ1n) is 8.06. The number of nitrogens with zero attached hydrogens (tertiary/aromatic N) is 1. The van der Waals surface area contributed by atoms with Crippen LogP contribution in [0.1, 0.15) is 16.8 Å². The van der Waals surface area contributed by atoms with Crippen molar-refractivity contribution < 1.29 is 14.3 Å². The molecule has 2 saturated heterocycles. The number of amides is 1. The molecule has 1 N–H and O–H groups in total. The molecule has 126 valence electrons. The average Bonchev–Trinajstić information content (AvgIpc) is 3.11. The fourth-order valence-corrected chi connectivity index (χ4v) is 4.70. The molecule has 5 nitrogen and oxygen atoms in total. The molecule has 0 saturated carbocycles. The molecule has 1 aromatic rings. The molecule has 0 aromatic heterocycles. The smallest absolute Gasteiger partial charge is 0.251 e. The standard InChI is InChI=1S/C17H24N2O3S/c1-21-15-4-2-14(3-5-15)16(20)18-12-17(6-11-23-13-17)19-7-9-22-10-8-19/h2-5H,6-13H2,1H3,(H,18,20)/t17-/m1/s1. The first-order chi connectivity index (χ1) is 11.2. The van der Waals surface area contributed by atoms with E-state index in [4.69, 9.17) is 9.47 Å². The van der Waals surface area contributed by atoms with Crippen molar-refractivity contribution in [2.75, 3.05) is 51.5 Å². The zero-order valence-corrected chi connectivity index (χ0v) is 14.4. The molecule has 0 aliphatic carbocycles. The number of hydrogen-bond acceptors (Lipinski definition) is 5. The number of hydrogen-bond donors (Lipinski definition) is 1. The van der Waals surface area contributed by atoms with Gasteiger partial charge in [-0.2, -0.15) is 11.8 Å². The topological polar surface area (TPSA) is 50.8 Å². The number of carbonyl (C=O) groups excluding carboxylic acids is 1. The second-order valence-corrected chi connectivity index (χ2v) is 7.14. The zero-order valence-electron chi connectivity index (χ0n) is 13.5. The summed E-state index contributed by atoms with van der Waals surface area (Å²) in [4.78, 5) is 14.9. The molecule has 2 fully saturated rings. The summed E-state index contributed by atoms with van der Waals surface area (Å²) in [6.45, 7) is 4.19. The molecule has 0 radical (unpaired) electrons. The predicted molar refractivity (Wildman–Crippen MR) is 92.4 cm³/mol. The molecule has 2 heterocycles. The third-order valence-corrected chi connectivity index (χ3v) is 5.93. The van der Waals surface area contributed by atoms with Crippen molar-refractivity contribution in [3.8, 4) is 5.75 Å². The van der Waals surface area contributed by atoms with Gasteiger partial charge in [0.25, 0.3) is 5.91 Å². The van der Waals surface area contributed by atoms with Crippen molar-refractivity contribution in [2.24, 2.45) is 0 Å². The van der Waals surface area contributed by atoms with Gasteiger partial charge in [-0.1, -0.05) is 0 Å². The second kappa shape index (κ2) is 7.55. The highest BCUT2D eigenvalue weighted by Gasteiger charge is 2.40. The summed E-state index contributed by atoms with van der Waals surface area (Å²) in [5.41, 5.74) is 0.755. The van der Waals surface area contributed by atoms with Crippen LogP contribution >= 0.6 is 11.8 Å². The molecule has 6 heteroatoms. The van der Waals surface area contributed by atoms with Crippen LogP contribution < -0.4 is 10.1 Å². The molecule has 3 rings (SSSR count). The number of carbonyl (C=O) groups is 1. The zero-order chi connectivity index (χ0) is 16.1. The molecular formula is C17H24N2O3S. The number of morpholine rings is 1. The maximum atomic E-state index is 12.4. The van der Waals surface area contributed by atoms with Crippen LogP contribution in [-0.2, 0) is 4.74 Å². The SMILES string of the molecule is COc1ccc(C(=O)NC[C@]2(N3CCOCC3)CCSC2)cc1. The number of thioether (sulfide) groups is 1. The normalized spacial score (nSPS) is 25.3. The Bertz CT molecular complexity index is 523. The summed E-state index contributed by atoms with van der Waals surface area (Å²) >= 11 is 1.98. The van der Waals surface area contributed by atoms with Gasteiger partial charge in [0.15, 0.2) is 0 Å². The summed E-state index contributed by atoms with van der Waals surface area (Å²) in [5.74, 6) is 2.99. The molecular weight excluding hydrogens is 312 g/mol. The lowest BCUT2D eigenvalue weighted by Crippen LogP contribution is -2.59. The Morgan fingerprint density at radius 2 is 2.09 bits per heavy atom. The molecule has 1 amide bonds. The van der Waals surface area contributed by atoms with E-state index in [9.17, 15) is 4.79 Å².